The van der Waals surface area contributed by atoms with Gasteiger partial charge < -0.3 is 14.8 Å². The predicted molar refractivity (Wildman–Crippen MR) is 150 cm³/mol. The minimum absolute atomic E-state index is 0.0242. The van der Waals surface area contributed by atoms with E-state index in [9.17, 15) is 14.4 Å². The molecule has 0 radical (unpaired) electrons. The van der Waals surface area contributed by atoms with Crippen LogP contribution in [0.15, 0.2) is 69.4 Å². The third-order valence-electron chi connectivity index (χ3n) is 6.04. The number of halogens is 1. The van der Waals surface area contributed by atoms with Gasteiger partial charge in [0.05, 0.1) is 19.4 Å². The van der Waals surface area contributed by atoms with Crippen LogP contribution in [-0.4, -0.2) is 56.5 Å². The first-order valence-electron chi connectivity index (χ1n) is 11.8. The summed E-state index contributed by atoms with van der Waals surface area (Å²) in [6, 6.07) is 15.8. The summed E-state index contributed by atoms with van der Waals surface area (Å²) in [6.45, 7) is 0.0242. The zero-order chi connectivity index (χ0) is 27.4. The Hall–Kier alpha value is -3.06. The van der Waals surface area contributed by atoms with Crippen LogP contribution in [0.2, 0.25) is 0 Å². The number of methoxy groups -OCH3 is 1. The van der Waals surface area contributed by atoms with E-state index in [0.29, 0.717) is 22.1 Å². The van der Waals surface area contributed by atoms with E-state index >= 15 is 0 Å². The molecular formula is C26H23ClN4O5S3. The number of carbonyl (C=O) groups excluding carboxylic acids is 3. The van der Waals surface area contributed by atoms with E-state index < -0.39 is 17.4 Å². The topological polar surface area (TPSA) is 111 Å². The molecule has 2 aromatic carbocycles. The number of carbonyl (C=O) groups is 3. The van der Waals surface area contributed by atoms with Crippen LogP contribution in [-0.2, 0) is 38.0 Å². The van der Waals surface area contributed by atoms with Crippen molar-refractivity contribution >= 4 is 64.4 Å². The van der Waals surface area contributed by atoms with Crippen molar-refractivity contribution in [3.05, 3.63) is 82.0 Å². The molecule has 2 aliphatic heterocycles. The summed E-state index contributed by atoms with van der Waals surface area (Å²) >= 11 is 9.97. The van der Waals surface area contributed by atoms with Crippen LogP contribution in [0.1, 0.15) is 16.8 Å². The maximum Gasteiger partial charge on any atom is 0.356 e. The van der Waals surface area contributed by atoms with Crippen molar-refractivity contribution in [3.63, 3.8) is 0 Å². The summed E-state index contributed by atoms with van der Waals surface area (Å²) in [4.78, 5) is 41.5. The molecule has 202 valence electrons. The number of hydrogen-bond donors (Lipinski definition) is 1. The molecule has 13 heteroatoms. The Morgan fingerprint density at radius 3 is 2.64 bits per heavy atom. The standard InChI is InChI=1S/C26H23ClN4O5S3/c1-35-17-9-7-16(8-10-17)13-36-25(34)22-19(38-26-18(12-27)29-30-39-26)14-37-24-21(23(33)31(22)24)28-20(32)11-15-5-3-2-4-6-15/h2-10,21,24H,11-14H2,1H3,(H,28,32)/t21-,24+/m1/s1. The van der Waals surface area contributed by atoms with Gasteiger partial charge in [-0.25, -0.2) is 4.79 Å². The molecule has 5 rings (SSSR count). The van der Waals surface area contributed by atoms with Gasteiger partial charge in [0, 0.05) is 10.7 Å². The number of fused-ring (bicyclic) bond motifs is 1. The first kappa shape index (κ1) is 27.5. The molecule has 3 heterocycles. The maximum atomic E-state index is 13.4. The molecule has 0 bridgehead atoms. The summed E-state index contributed by atoms with van der Waals surface area (Å²) in [7, 11) is 1.58. The highest BCUT2D eigenvalue weighted by Crippen LogP contribution is 2.46. The number of ether oxygens (including phenoxy) is 2. The van der Waals surface area contributed by atoms with Gasteiger partial charge in [0.1, 0.15) is 39.4 Å². The van der Waals surface area contributed by atoms with Crippen molar-refractivity contribution in [1.82, 2.24) is 19.8 Å². The van der Waals surface area contributed by atoms with Crippen LogP contribution in [0, 0.1) is 0 Å². The number of esters is 1. The number of thioether (sulfide) groups is 2. The highest BCUT2D eigenvalue weighted by molar-refractivity contribution is 8.07. The molecule has 1 aromatic heterocycles. The fraction of sp³-hybridized carbons (Fsp3) is 0.269. The van der Waals surface area contributed by atoms with Crippen LogP contribution in [0.3, 0.4) is 0 Å². The lowest BCUT2D eigenvalue weighted by molar-refractivity contribution is -0.153. The molecular weight excluding hydrogens is 580 g/mol. The molecule has 1 N–H and O–H groups in total. The van der Waals surface area contributed by atoms with Gasteiger partial charge in [-0.15, -0.1) is 28.5 Å². The molecule has 1 fully saturated rings. The Morgan fingerprint density at radius 2 is 1.92 bits per heavy atom. The van der Waals surface area contributed by atoms with E-state index in [0.717, 1.165) is 15.3 Å². The average Bonchev–Trinajstić information content (AvgIpc) is 3.42. The van der Waals surface area contributed by atoms with Gasteiger partial charge in [-0.1, -0.05) is 58.7 Å². The lowest BCUT2D eigenvalue weighted by Gasteiger charge is -2.49. The highest BCUT2D eigenvalue weighted by Gasteiger charge is 2.54. The number of alkyl halides is 1. The van der Waals surface area contributed by atoms with Crippen LogP contribution in [0.25, 0.3) is 0 Å². The Balaban J connectivity index is 1.34. The summed E-state index contributed by atoms with van der Waals surface area (Å²) in [5.74, 6) is 0.0798. The third kappa shape index (κ3) is 6.08. The molecule has 1 saturated heterocycles. The van der Waals surface area contributed by atoms with E-state index in [-0.39, 0.29) is 36.4 Å². The smallest absolute Gasteiger partial charge is 0.356 e. The van der Waals surface area contributed by atoms with Crippen LogP contribution >= 0.6 is 46.7 Å². The molecule has 3 aromatic rings. The van der Waals surface area contributed by atoms with E-state index in [4.69, 9.17) is 21.1 Å². The zero-order valence-corrected chi connectivity index (χ0v) is 23.9. The molecule has 9 nitrogen and oxygen atoms in total. The average molecular weight is 603 g/mol. The van der Waals surface area contributed by atoms with Crippen molar-refractivity contribution in [2.45, 2.75) is 34.5 Å². The molecule has 0 spiro atoms. The lowest BCUT2D eigenvalue weighted by Crippen LogP contribution is -2.70. The fourth-order valence-electron chi connectivity index (χ4n) is 4.07. The first-order valence-corrected chi connectivity index (χ1v) is 15.0. The SMILES string of the molecule is COc1ccc(COC(=O)C2=C(Sc3snnc3CCl)CS[C@H]3[C@H](NC(=O)Cc4ccccc4)C(=O)N23)cc1. The predicted octanol–water partition coefficient (Wildman–Crippen LogP) is 3.98. The molecule has 39 heavy (non-hydrogen) atoms. The Kier molecular flexibility index (Phi) is 8.75. The van der Waals surface area contributed by atoms with Crippen molar-refractivity contribution < 1.29 is 23.9 Å². The number of nitrogens with one attached hydrogen (secondary N) is 1. The van der Waals surface area contributed by atoms with Gasteiger partial charge in [0.25, 0.3) is 5.91 Å². The van der Waals surface area contributed by atoms with E-state index in [1.807, 2.05) is 30.3 Å². The molecule has 0 saturated carbocycles. The summed E-state index contributed by atoms with van der Waals surface area (Å²) in [6.07, 6.45) is 0.162. The van der Waals surface area contributed by atoms with Crippen molar-refractivity contribution in [2.24, 2.45) is 0 Å². The Morgan fingerprint density at radius 1 is 1.15 bits per heavy atom. The van der Waals surface area contributed by atoms with Gasteiger partial charge in [-0.2, -0.15) is 0 Å². The molecule has 2 amide bonds. The normalized spacial score (nSPS) is 18.3. The van der Waals surface area contributed by atoms with Crippen molar-refractivity contribution in [1.29, 1.82) is 0 Å². The minimum Gasteiger partial charge on any atom is -0.497 e. The second-order valence-electron chi connectivity index (χ2n) is 8.56. The van der Waals surface area contributed by atoms with Gasteiger partial charge in [-0.05, 0) is 34.8 Å². The summed E-state index contributed by atoms with van der Waals surface area (Å²) < 4.78 is 15.5. The molecule has 2 aliphatic rings. The minimum atomic E-state index is -0.731. The maximum absolute atomic E-state index is 13.4. The summed E-state index contributed by atoms with van der Waals surface area (Å²) in [5, 5.41) is 6.46. The van der Waals surface area contributed by atoms with Crippen molar-refractivity contribution in [3.8, 4) is 5.75 Å². The molecule has 0 aliphatic carbocycles. The Labute approximate surface area is 242 Å². The quantitative estimate of drug-likeness (QED) is 0.209. The van der Waals surface area contributed by atoms with Gasteiger partial charge >= 0.3 is 5.97 Å². The Bertz CT molecular complexity index is 1400. The second kappa shape index (κ2) is 12.4. The summed E-state index contributed by atoms with van der Waals surface area (Å²) in [5.41, 5.74) is 2.41. The highest BCUT2D eigenvalue weighted by atomic mass is 35.5. The third-order valence-corrected chi connectivity index (χ3v) is 9.80. The lowest BCUT2D eigenvalue weighted by atomic mass is 10.0. The fourth-order valence-corrected chi connectivity index (χ4v) is 7.77. The molecule has 2 atom stereocenters. The number of β-lactam (4-membered cyclic amide) rings is 1. The monoisotopic (exact) mass is 602 g/mol. The number of benzene rings is 2. The second-order valence-corrected chi connectivity index (χ2v) is 12.0. The van der Waals surface area contributed by atoms with Gasteiger partial charge in [0.15, 0.2) is 0 Å². The van der Waals surface area contributed by atoms with Crippen LogP contribution in [0.4, 0.5) is 0 Å². The van der Waals surface area contributed by atoms with E-state index in [1.54, 1.807) is 31.4 Å². The number of aromatic nitrogens is 2. The number of amides is 2. The zero-order valence-electron chi connectivity index (χ0n) is 20.7. The number of hydrogen-bond acceptors (Lipinski definition) is 10. The number of nitrogens with zero attached hydrogens (tertiary/aromatic N) is 3. The van der Waals surface area contributed by atoms with Crippen molar-refractivity contribution in [2.75, 3.05) is 12.9 Å². The first-order chi connectivity index (χ1) is 19.0. The van der Waals surface area contributed by atoms with Gasteiger partial charge in [-0.3, -0.25) is 14.5 Å². The molecule has 0 unspecified atom stereocenters. The van der Waals surface area contributed by atoms with Gasteiger partial charge in [0.2, 0.25) is 5.91 Å². The van der Waals surface area contributed by atoms with E-state index in [2.05, 4.69) is 14.9 Å². The largest absolute Gasteiger partial charge is 0.497 e. The van der Waals surface area contributed by atoms with Crippen LogP contribution in [0.5, 0.6) is 5.75 Å². The number of rotatable bonds is 10. The van der Waals surface area contributed by atoms with Crippen LogP contribution < -0.4 is 10.1 Å². The van der Waals surface area contributed by atoms with E-state index in [1.165, 1.54) is 40.0 Å².